The highest BCUT2D eigenvalue weighted by atomic mass is 79.9. The largest absolute Gasteiger partial charge is 0.317 e. The van der Waals surface area contributed by atoms with Crippen molar-refractivity contribution >= 4 is 31.9 Å². The van der Waals surface area contributed by atoms with Crippen molar-refractivity contribution in [3.8, 4) is 0 Å². The number of halogens is 2. The van der Waals surface area contributed by atoms with E-state index in [1.807, 2.05) is 0 Å². The molecule has 0 saturated heterocycles. The Hall–Kier alpha value is 0.1000. The van der Waals surface area contributed by atoms with E-state index in [1.54, 1.807) is 0 Å². The lowest BCUT2D eigenvalue weighted by Crippen LogP contribution is -2.21. The van der Waals surface area contributed by atoms with Gasteiger partial charge >= 0.3 is 0 Å². The van der Waals surface area contributed by atoms with Crippen LogP contribution in [0, 0.1) is 0 Å². The molecular formula is C12H18Br2N2. The van der Waals surface area contributed by atoms with Crippen LogP contribution in [0.2, 0.25) is 0 Å². The van der Waals surface area contributed by atoms with Gasteiger partial charge in [-0.2, -0.15) is 0 Å². The SMILES string of the molecule is CCNCCCNCc1ccc(Br)cc1Br. The highest BCUT2D eigenvalue weighted by Gasteiger charge is 1.99. The summed E-state index contributed by atoms with van der Waals surface area (Å²) in [6.45, 7) is 6.24. The molecule has 0 aliphatic carbocycles. The summed E-state index contributed by atoms with van der Waals surface area (Å²) < 4.78 is 2.26. The minimum Gasteiger partial charge on any atom is -0.317 e. The third kappa shape index (κ3) is 5.43. The second kappa shape index (κ2) is 8.23. The van der Waals surface area contributed by atoms with E-state index in [-0.39, 0.29) is 0 Å². The summed E-state index contributed by atoms with van der Waals surface area (Å²) in [5.74, 6) is 0. The Morgan fingerprint density at radius 1 is 1.12 bits per heavy atom. The van der Waals surface area contributed by atoms with Crippen LogP contribution >= 0.6 is 31.9 Å². The molecule has 0 atom stereocenters. The van der Waals surface area contributed by atoms with Crippen LogP contribution in [0.4, 0.5) is 0 Å². The molecule has 0 aliphatic heterocycles. The van der Waals surface area contributed by atoms with E-state index in [4.69, 9.17) is 0 Å². The Kier molecular flexibility index (Phi) is 7.28. The molecule has 0 saturated carbocycles. The van der Waals surface area contributed by atoms with Crippen molar-refractivity contribution in [2.45, 2.75) is 19.9 Å². The van der Waals surface area contributed by atoms with Crippen molar-refractivity contribution in [1.82, 2.24) is 10.6 Å². The quantitative estimate of drug-likeness (QED) is 0.738. The molecule has 16 heavy (non-hydrogen) atoms. The average molecular weight is 350 g/mol. The van der Waals surface area contributed by atoms with Crippen molar-refractivity contribution in [2.75, 3.05) is 19.6 Å². The molecule has 90 valence electrons. The van der Waals surface area contributed by atoms with Gasteiger partial charge in [0.2, 0.25) is 0 Å². The Balaban J connectivity index is 2.21. The zero-order valence-electron chi connectivity index (χ0n) is 9.52. The maximum absolute atomic E-state index is 3.56. The molecule has 0 fully saturated rings. The lowest BCUT2D eigenvalue weighted by Gasteiger charge is -2.07. The van der Waals surface area contributed by atoms with E-state index < -0.39 is 0 Å². The molecule has 0 heterocycles. The predicted octanol–water partition coefficient (Wildman–Crippen LogP) is 3.30. The molecule has 1 aromatic rings. The number of benzene rings is 1. The number of rotatable bonds is 7. The Bertz CT molecular complexity index is 316. The molecule has 0 spiro atoms. The van der Waals surface area contributed by atoms with Gasteiger partial charge in [0, 0.05) is 15.5 Å². The van der Waals surface area contributed by atoms with Crippen LogP contribution in [0.3, 0.4) is 0 Å². The van der Waals surface area contributed by atoms with Crippen molar-refractivity contribution in [3.05, 3.63) is 32.7 Å². The molecule has 0 aromatic heterocycles. The van der Waals surface area contributed by atoms with Gasteiger partial charge in [-0.1, -0.05) is 44.8 Å². The highest BCUT2D eigenvalue weighted by Crippen LogP contribution is 2.21. The summed E-state index contributed by atoms with van der Waals surface area (Å²) in [7, 11) is 0. The summed E-state index contributed by atoms with van der Waals surface area (Å²) in [6.07, 6.45) is 1.17. The molecule has 4 heteroatoms. The summed E-state index contributed by atoms with van der Waals surface area (Å²) >= 11 is 7.01. The van der Waals surface area contributed by atoms with Crippen molar-refractivity contribution in [2.24, 2.45) is 0 Å². The second-order valence-corrected chi connectivity index (χ2v) is 5.39. The van der Waals surface area contributed by atoms with Gasteiger partial charge in [0.25, 0.3) is 0 Å². The first-order valence-corrected chi connectivity index (χ1v) is 7.18. The molecule has 1 aromatic carbocycles. The van der Waals surface area contributed by atoms with Crippen LogP contribution in [-0.4, -0.2) is 19.6 Å². The van der Waals surface area contributed by atoms with Crippen molar-refractivity contribution in [3.63, 3.8) is 0 Å². The summed E-state index contributed by atoms with van der Waals surface area (Å²) in [5.41, 5.74) is 1.30. The molecule has 2 N–H and O–H groups in total. The fourth-order valence-electron chi connectivity index (χ4n) is 1.40. The van der Waals surface area contributed by atoms with Crippen LogP contribution in [0.5, 0.6) is 0 Å². The number of nitrogens with one attached hydrogen (secondary N) is 2. The van der Waals surface area contributed by atoms with Gasteiger partial charge in [-0.25, -0.2) is 0 Å². The van der Waals surface area contributed by atoms with Crippen molar-refractivity contribution in [1.29, 1.82) is 0 Å². The first-order valence-electron chi connectivity index (χ1n) is 5.59. The normalized spacial score (nSPS) is 10.7. The smallest absolute Gasteiger partial charge is 0.0231 e. The van der Waals surface area contributed by atoms with Gasteiger partial charge in [0.15, 0.2) is 0 Å². The Morgan fingerprint density at radius 3 is 2.56 bits per heavy atom. The second-order valence-electron chi connectivity index (χ2n) is 3.62. The van der Waals surface area contributed by atoms with E-state index in [0.717, 1.165) is 35.1 Å². The molecule has 0 amide bonds. The fraction of sp³-hybridized carbons (Fsp3) is 0.500. The van der Waals surface area contributed by atoms with E-state index >= 15 is 0 Å². The third-order valence-corrected chi connectivity index (χ3v) is 3.52. The summed E-state index contributed by atoms with van der Waals surface area (Å²) in [6, 6.07) is 6.28. The Labute approximate surface area is 114 Å². The first kappa shape index (κ1) is 14.2. The maximum atomic E-state index is 3.56. The lowest BCUT2D eigenvalue weighted by atomic mass is 10.2. The van der Waals surface area contributed by atoms with Gasteiger partial charge in [-0.05, 0) is 43.8 Å². The molecular weight excluding hydrogens is 332 g/mol. The zero-order chi connectivity index (χ0) is 11.8. The average Bonchev–Trinajstić information content (AvgIpc) is 2.26. The van der Waals surface area contributed by atoms with E-state index in [1.165, 1.54) is 12.0 Å². The number of hydrogen-bond acceptors (Lipinski definition) is 2. The van der Waals surface area contributed by atoms with Gasteiger partial charge in [0.05, 0.1) is 0 Å². The molecule has 2 nitrogen and oxygen atoms in total. The molecule has 0 unspecified atom stereocenters. The summed E-state index contributed by atoms with van der Waals surface area (Å²) in [4.78, 5) is 0. The Morgan fingerprint density at radius 2 is 1.88 bits per heavy atom. The third-order valence-electron chi connectivity index (χ3n) is 2.29. The van der Waals surface area contributed by atoms with Gasteiger partial charge in [-0.15, -0.1) is 0 Å². The number of hydrogen-bond donors (Lipinski definition) is 2. The predicted molar refractivity (Wildman–Crippen MR) is 76.7 cm³/mol. The summed E-state index contributed by atoms with van der Waals surface area (Å²) in [5, 5.41) is 6.75. The van der Waals surface area contributed by atoms with Crippen LogP contribution in [-0.2, 0) is 6.54 Å². The van der Waals surface area contributed by atoms with Crippen LogP contribution in [0.1, 0.15) is 18.9 Å². The fourth-order valence-corrected chi connectivity index (χ4v) is 2.59. The van der Waals surface area contributed by atoms with E-state index in [0.29, 0.717) is 0 Å². The zero-order valence-corrected chi connectivity index (χ0v) is 12.7. The minimum atomic E-state index is 0.917. The molecule has 1 rings (SSSR count). The minimum absolute atomic E-state index is 0.917. The topological polar surface area (TPSA) is 24.1 Å². The first-order chi connectivity index (χ1) is 7.74. The van der Waals surface area contributed by atoms with Crippen molar-refractivity contribution < 1.29 is 0 Å². The maximum Gasteiger partial charge on any atom is 0.0231 e. The highest BCUT2D eigenvalue weighted by molar-refractivity contribution is 9.11. The molecule has 0 radical (unpaired) electrons. The molecule has 0 bridgehead atoms. The molecule has 0 aliphatic rings. The van der Waals surface area contributed by atoms with Crippen LogP contribution < -0.4 is 10.6 Å². The van der Waals surface area contributed by atoms with E-state index in [9.17, 15) is 0 Å². The van der Waals surface area contributed by atoms with Gasteiger partial charge in [-0.3, -0.25) is 0 Å². The monoisotopic (exact) mass is 348 g/mol. The van der Waals surface area contributed by atoms with Crippen LogP contribution in [0.25, 0.3) is 0 Å². The van der Waals surface area contributed by atoms with Gasteiger partial charge in [0.1, 0.15) is 0 Å². The lowest BCUT2D eigenvalue weighted by molar-refractivity contribution is 0.605. The standard InChI is InChI=1S/C12H18Br2N2/c1-2-15-6-3-7-16-9-10-4-5-11(13)8-12(10)14/h4-5,8,15-16H,2-3,6-7,9H2,1H3. The van der Waals surface area contributed by atoms with Crippen LogP contribution in [0.15, 0.2) is 27.1 Å². The van der Waals surface area contributed by atoms with E-state index in [2.05, 4.69) is 67.6 Å². The van der Waals surface area contributed by atoms with Gasteiger partial charge < -0.3 is 10.6 Å².